The fourth-order valence-corrected chi connectivity index (χ4v) is 2.42. The van der Waals surface area contributed by atoms with E-state index in [2.05, 4.69) is 36.4 Å². The Labute approximate surface area is 162 Å². The lowest BCUT2D eigenvalue weighted by atomic mass is 9.99. The molecule has 0 fully saturated rings. The molecule has 2 rings (SSSR count). The Bertz CT molecular complexity index is 641. The molecule has 0 aliphatic rings. The van der Waals surface area contributed by atoms with Gasteiger partial charge in [0.2, 0.25) is 5.91 Å². The van der Waals surface area contributed by atoms with E-state index in [9.17, 15) is 4.79 Å². The highest BCUT2D eigenvalue weighted by molar-refractivity contribution is 5.85. The van der Waals surface area contributed by atoms with E-state index < -0.39 is 0 Å². The van der Waals surface area contributed by atoms with E-state index in [1.165, 1.54) is 5.56 Å². The molecule has 2 aromatic rings. The van der Waals surface area contributed by atoms with E-state index in [1.807, 2.05) is 25.4 Å². The van der Waals surface area contributed by atoms with Gasteiger partial charge in [0, 0.05) is 32.3 Å². The zero-order chi connectivity index (χ0) is 16.8. The van der Waals surface area contributed by atoms with E-state index in [4.69, 9.17) is 5.73 Å². The summed E-state index contributed by atoms with van der Waals surface area (Å²) in [7, 11) is 1.87. The molecule has 5 nitrogen and oxygen atoms in total. The number of aromatic nitrogens is 2. The van der Waals surface area contributed by atoms with Crippen LogP contribution in [0.4, 0.5) is 0 Å². The molecule has 1 aromatic carbocycles. The minimum atomic E-state index is -0.182. The van der Waals surface area contributed by atoms with Crippen molar-refractivity contribution >= 4 is 30.7 Å². The topological polar surface area (TPSA) is 72.9 Å². The third kappa shape index (κ3) is 7.46. The van der Waals surface area contributed by atoms with E-state index in [-0.39, 0.29) is 36.8 Å². The van der Waals surface area contributed by atoms with E-state index >= 15 is 0 Å². The molecule has 25 heavy (non-hydrogen) atoms. The van der Waals surface area contributed by atoms with Crippen LogP contribution >= 0.6 is 24.8 Å². The molecule has 0 aliphatic heterocycles. The number of hydrogen-bond acceptors (Lipinski definition) is 3. The first kappa shape index (κ1) is 23.4. The Morgan fingerprint density at radius 2 is 1.80 bits per heavy atom. The molecule has 1 aromatic heterocycles. The highest BCUT2D eigenvalue weighted by Crippen LogP contribution is 2.17. The molecule has 1 unspecified atom stereocenters. The van der Waals surface area contributed by atoms with Gasteiger partial charge < -0.3 is 11.1 Å². The van der Waals surface area contributed by atoms with Crippen LogP contribution in [-0.2, 0) is 18.3 Å². The predicted octanol–water partition coefficient (Wildman–Crippen LogP) is 3.14. The number of aryl methyl sites for hydroxylation is 2. The molecule has 140 valence electrons. The molecule has 3 N–H and O–H groups in total. The highest BCUT2D eigenvalue weighted by atomic mass is 35.5. The molecule has 0 spiro atoms. The molecular weight excluding hydrogens is 359 g/mol. The minimum Gasteiger partial charge on any atom is -0.354 e. The summed E-state index contributed by atoms with van der Waals surface area (Å²) in [6, 6.07) is 8.11. The van der Waals surface area contributed by atoms with Crippen LogP contribution in [0.5, 0.6) is 0 Å². The van der Waals surface area contributed by atoms with Crippen LogP contribution in [-0.4, -0.2) is 22.2 Å². The van der Waals surface area contributed by atoms with Crippen LogP contribution in [0.2, 0.25) is 0 Å². The van der Waals surface area contributed by atoms with Crippen LogP contribution < -0.4 is 11.1 Å². The van der Waals surface area contributed by atoms with Crippen LogP contribution in [0.25, 0.3) is 0 Å². The summed E-state index contributed by atoms with van der Waals surface area (Å²) in [6.07, 6.45) is 4.85. The quantitative estimate of drug-likeness (QED) is 0.767. The lowest BCUT2D eigenvalue weighted by molar-refractivity contribution is -0.121. The first-order chi connectivity index (χ1) is 11.0. The Kier molecular flexibility index (Phi) is 10.4. The first-order valence-corrected chi connectivity index (χ1v) is 8.05. The lowest BCUT2D eigenvalue weighted by Gasteiger charge is -2.14. The summed E-state index contributed by atoms with van der Waals surface area (Å²) in [5, 5.41) is 7.00. The zero-order valence-corrected chi connectivity index (χ0v) is 16.6. The second kappa shape index (κ2) is 11.1. The summed E-state index contributed by atoms with van der Waals surface area (Å²) in [5.41, 5.74) is 9.55. The minimum absolute atomic E-state index is 0. The number of rotatable bonds is 7. The molecule has 0 saturated carbocycles. The fraction of sp³-hybridized carbons (Fsp3) is 0.444. The summed E-state index contributed by atoms with van der Waals surface area (Å²) in [6.45, 7) is 4.78. The van der Waals surface area contributed by atoms with Gasteiger partial charge in [-0.2, -0.15) is 5.10 Å². The highest BCUT2D eigenvalue weighted by Gasteiger charge is 2.09. The Morgan fingerprint density at radius 3 is 2.32 bits per heavy atom. The van der Waals surface area contributed by atoms with Gasteiger partial charge >= 0.3 is 0 Å². The van der Waals surface area contributed by atoms with Crippen molar-refractivity contribution in [3.8, 4) is 0 Å². The van der Waals surface area contributed by atoms with Crippen molar-refractivity contribution in [1.82, 2.24) is 15.1 Å². The smallest absolute Gasteiger partial charge is 0.220 e. The predicted molar refractivity (Wildman–Crippen MR) is 106 cm³/mol. The van der Waals surface area contributed by atoms with Gasteiger partial charge in [0.05, 0.1) is 6.20 Å². The second-order valence-corrected chi connectivity index (χ2v) is 6.25. The average molecular weight is 387 g/mol. The van der Waals surface area contributed by atoms with Gasteiger partial charge in [-0.25, -0.2) is 0 Å². The van der Waals surface area contributed by atoms with Crippen LogP contribution in [0.15, 0.2) is 36.7 Å². The average Bonchev–Trinajstić information content (AvgIpc) is 2.96. The summed E-state index contributed by atoms with van der Waals surface area (Å²) in [4.78, 5) is 11.9. The molecule has 1 atom stereocenters. The van der Waals surface area contributed by atoms with Gasteiger partial charge in [0.1, 0.15) is 0 Å². The van der Waals surface area contributed by atoms with Crippen molar-refractivity contribution < 1.29 is 4.79 Å². The molecule has 0 radical (unpaired) electrons. The van der Waals surface area contributed by atoms with Gasteiger partial charge in [-0.05, 0) is 29.0 Å². The van der Waals surface area contributed by atoms with Gasteiger partial charge in [-0.15, -0.1) is 24.8 Å². The third-order valence-electron chi connectivity index (χ3n) is 3.95. The van der Waals surface area contributed by atoms with Crippen LogP contribution in [0, 0.1) is 0 Å². The van der Waals surface area contributed by atoms with Crippen molar-refractivity contribution in [3.05, 3.63) is 53.3 Å². The van der Waals surface area contributed by atoms with Gasteiger partial charge in [-0.3, -0.25) is 9.48 Å². The lowest BCUT2D eigenvalue weighted by Crippen LogP contribution is -2.32. The molecule has 0 aliphatic carbocycles. The number of nitrogens with zero attached hydrogens (tertiary/aromatic N) is 2. The monoisotopic (exact) mass is 386 g/mol. The van der Waals surface area contributed by atoms with E-state index in [1.54, 1.807) is 10.9 Å². The Hall–Kier alpha value is -1.56. The summed E-state index contributed by atoms with van der Waals surface area (Å²) >= 11 is 0. The van der Waals surface area contributed by atoms with Gasteiger partial charge in [-0.1, -0.05) is 38.1 Å². The van der Waals surface area contributed by atoms with E-state index in [0.29, 0.717) is 25.3 Å². The summed E-state index contributed by atoms with van der Waals surface area (Å²) < 4.78 is 1.74. The van der Waals surface area contributed by atoms with Crippen molar-refractivity contribution in [1.29, 1.82) is 0 Å². The number of carbonyl (C=O) groups is 1. The van der Waals surface area contributed by atoms with Gasteiger partial charge in [0.15, 0.2) is 0 Å². The second-order valence-electron chi connectivity index (χ2n) is 6.25. The number of hydrogen-bond donors (Lipinski definition) is 2. The molecule has 1 amide bonds. The maximum absolute atomic E-state index is 11.9. The largest absolute Gasteiger partial charge is 0.354 e. The van der Waals surface area contributed by atoms with Crippen LogP contribution in [0.1, 0.15) is 48.9 Å². The Balaban J connectivity index is 0.00000288. The molecular formula is C18H28Cl2N4O. The number of nitrogens with two attached hydrogens (primary N) is 1. The molecule has 1 heterocycles. The Morgan fingerprint density at radius 1 is 1.20 bits per heavy atom. The SMILES string of the molecule is CC(C)c1ccc(C(N)CNC(=O)CCc2cnn(C)c2)cc1.Cl.Cl. The van der Waals surface area contributed by atoms with Crippen molar-refractivity contribution in [3.63, 3.8) is 0 Å². The standard InChI is InChI=1S/C18H26N4O.2ClH/c1-13(2)15-5-7-16(8-6-15)17(19)11-20-18(23)9-4-14-10-21-22(3)12-14;;/h5-8,10,12-13,17H,4,9,11,19H2,1-3H3,(H,20,23);2*1H. The third-order valence-corrected chi connectivity index (χ3v) is 3.95. The van der Waals surface area contributed by atoms with Crippen LogP contribution in [0.3, 0.4) is 0 Å². The first-order valence-electron chi connectivity index (χ1n) is 8.05. The number of amides is 1. The number of carbonyl (C=O) groups excluding carboxylic acids is 1. The maximum atomic E-state index is 11.9. The van der Waals surface area contributed by atoms with Gasteiger partial charge in [0.25, 0.3) is 0 Å². The van der Waals surface area contributed by atoms with Crippen molar-refractivity contribution in [2.45, 2.75) is 38.6 Å². The number of halogens is 2. The normalized spacial score (nSPS) is 11.4. The maximum Gasteiger partial charge on any atom is 0.220 e. The summed E-state index contributed by atoms with van der Waals surface area (Å²) in [5.74, 6) is 0.524. The number of nitrogens with one attached hydrogen (secondary N) is 1. The van der Waals surface area contributed by atoms with Crippen molar-refractivity contribution in [2.75, 3.05) is 6.54 Å². The molecule has 0 saturated heterocycles. The zero-order valence-electron chi connectivity index (χ0n) is 14.9. The fourth-order valence-electron chi connectivity index (χ4n) is 2.42. The molecule has 7 heteroatoms. The van der Waals surface area contributed by atoms with Crippen molar-refractivity contribution in [2.24, 2.45) is 12.8 Å². The number of benzene rings is 1. The van der Waals surface area contributed by atoms with E-state index in [0.717, 1.165) is 11.1 Å². The molecule has 0 bridgehead atoms.